The number of carbonyl (C=O) groups excluding carboxylic acids is 3. The highest BCUT2D eigenvalue weighted by Crippen LogP contribution is 2.15. The molecule has 0 fully saturated rings. The summed E-state index contributed by atoms with van der Waals surface area (Å²) in [7, 11) is 0. The number of aryl methyl sites for hydroxylation is 1. The molecule has 3 N–H and O–H groups in total. The Bertz CT molecular complexity index is 801. The van der Waals surface area contributed by atoms with Crippen LogP contribution in [-0.4, -0.2) is 24.3 Å². The van der Waals surface area contributed by atoms with Crippen LogP contribution in [0.5, 0.6) is 0 Å². The molecule has 0 aliphatic heterocycles. The zero-order chi connectivity index (χ0) is 19.6. The molecule has 3 amide bonds. The molecule has 6 nitrogen and oxygen atoms in total. The Morgan fingerprint density at radius 2 is 1.48 bits per heavy atom. The molecular weight excluding hydrogens is 342 g/mol. The summed E-state index contributed by atoms with van der Waals surface area (Å²) in [4.78, 5) is 36.2. The highest BCUT2D eigenvalue weighted by molar-refractivity contribution is 6.40. The molecule has 0 saturated heterocycles. The van der Waals surface area contributed by atoms with Gasteiger partial charge in [0.2, 0.25) is 0 Å². The number of benzene rings is 2. The van der Waals surface area contributed by atoms with Crippen LogP contribution in [0.4, 0.5) is 5.69 Å². The van der Waals surface area contributed by atoms with E-state index in [4.69, 9.17) is 0 Å². The van der Waals surface area contributed by atoms with Gasteiger partial charge in [-0.3, -0.25) is 14.4 Å². The molecule has 0 heterocycles. The molecule has 0 aliphatic rings. The van der Waals surface area contributed by atoms with Crippen LogP contribution in [-0.2, 0) is 22.6 Å². The van der Waals surface area contributed by atoms with Gasteiger partial charge in [-0.2, -0.15) is 0 Å². The topological polar surface area (TPSA) is 87.3 Å². The predicted octanol–water partition coefficient (Wildman–Crippen LogP) is 2.64. The number of nitrogens with one attached hydrogen (secondary N) is 3. The van der Waals surface area contributed by atoms with Gasteiger partial charge in [0.25, 0.3) is 5.91 Å². The van der Waals surface area contributed by atoms with Crippen LogP contribution in [0, 0.1) is 0 Å². The normalized spacial score (nSPS) is 10.1. The lowest BCUT2D eigenvalue weighted by Crippen LogP contribution is -2.36. The van der Waals surface area contributed by atoms with Crippen LogP contribution in [0.25, 0.3) is 0 Å². The first-order valence-corrected chi connectivity index (χ1v) is 9.09. The van der Waals surface area contributed by atoms with Gasteiger partial charge in [-0.1, -0.05) is 50.2 Å². The van der Waals surface area contributed by atoms with E-state index in [1.165, 1.54) is 5.56 Å². The molecule has 0 atom stereocenters. The number of hydrogen-bond donors (Lipinski definition) is 3. The van der Waals surface area contributed by atoms with Crippen LogP contribution >= 0.6 is 0 Å². The van der Waals surface area contributed by atoms with Crippen molar-refractivity contribution in [2.45, 2.75) is 33.2 Å². The molecule has 0 spiro atoms. The largest absolute Gasteiger partial charge is 0.348 e. The molecule has 2 aromatic carbocycles. The van der Waals surface area contributed by atoms with E-state index >= 15 is 0 Å². The summed E-state index contributed by atoms with van der Waals surface area (Å²) in [5.41, 5.74) is 2.83. The van der Waals surface area contributed by atoms with Crippen LogP contribution < -0.4 is 16.0 Å². The summed E-state index contributed by atoms with van der Waals surface area (Å²) in [5, 5.41) is 7.85. The Balaban J connectivity index is 2.01. The van der Waals surface area contributed by atoms with Crippen molar-refractivity contribution in [1.29, 1.82) is 0 Å². The Kier molecular flexibility index (Phi) is 7.55. The second kappa shape index (κ2) is 10.1. The molecule has 0 unspecified atom stereocenters. The first kappa shape index (κ1) is 20.2. The van der Waals surface area contributed by atoms with Crippen LogP contribution in [0.3, 0.4) is 0 Å². The van der Waals surface area contributed by atoms with Gasteiger partial charge in [0.15, 0.2) is 0 Å². The number of amides is 3. The Morgan fingerprint density at radius 1 is 0.815 bits per heavy atom. The average Bonchev–Trinajstić information content (AvgIpc) is 2.70. The van der Waals surface area contributed by atoms with Crippen molar-refractivity contribution in [3.63, 3.8) is 0 Å². The molecule has 0 bridgehead atoms. The van der Waals surface area contributed by atoms with Gasteiger partial charge >= 0.3 is 11.8 Å². The Labute approximate surface area is 159 Å². The molecule has 0 radical (unpaired) electrons. The maximum Gasteiger partial charge on any atom is 0.313 e. The van der Waals surface area contributed by atoms with Crippen molar-refractivity contribution in [1.82, 2.24) is 10.6 Å². The van der Waals surface area contributed by atoms with E-state index in [1.807, 2.05) is 31.2 Å². The summed E-state index contributed by atoms with van der Waals surface area (Å²) < 4.78 is 0. The minimum absolute atomic E-state index is 0.299. The van der Waals surface area contributed by atoms with Gasteiger partial charge < -0.3 is 16.0 Å². The third kappa shape index (κ3) is 5.95. The van der Waals surface area contributed by atoms with E-state index in [0.29, 0.717) is 24.3 Å². The number of rotatable bonds is 7. The van der Waals surface area contributed by atoms with E-state index in [1.54, 1.807) is 24.3 Å². The summed E-state index contributed by atoms with van der Waals surface area (Å²) in [5.74, 6) is -1.83. The third-order valence-electron chi connectivity index (χ3n) is 4.05. The van der Waals surface area contributed by atoms with Gasteiger partial charge in [0.05, 0.1) is 11.3 Å². The van der Waals surface area contributed by atoms with Gasteiger partial charge in [0, 0.05) is 13.1 Å². The second-order valence-electron chi connectivity index (χ2n) is 6.11. The van der Waals surface area contributed by atoms with Crippen LogP contribution in [0.15, 0.2) is 48.5 Å². The smallest absolute Gasteiger partial charge is 0.313 e. The van der Waals surface area contributed by atoms with Crippen molar-refractivity contribution in [2.24, 2.45) is 0 Å². The minimum atomic E-state index is -0.793. The molecule has 142 valence electrons. The number of para-hydroxylation sites is 1. The fourth-order valence-corrected chi connectivity index (χ4v) is 2.46. The van der Waals surface area contributed by atoms with Gasteiger partial charge in [-0.05, 0) is 36.1 Å². The van der Waals surface area contributed by atoms with Gasteiger partial charge in [-0.25, -0.2) is 0 Å². The molecule has 2 aromatic rings. The molecule has 6 heteroatoms. The number of carbonyl (C=O) groups is 3. The third-order valence-corrected chi connectivity index (χ3v) is 4.05. The van der Waals surface area contributed by atoms with Crippen molar-refractivity contribution >= 4 is 23.4 Å². The monoisotopic (exact) mass is 367 g/mol. The number of anilines is 1. The maximum atomic E-state index is 12.5. The molecule has 2 rings (SSSR count). The summed E-state index contributed by atoms with van der Waals surface area (Å²) >= 11 is 0. The lowest BCUT2D eigenvalue weighted by atomic mass is 10.1. The van der Waals surface area contributed by atoms with E-state index in [9.17, 15) is 14.4 Å². The first-order chi connectivity index (χ1) is 13.0. The SMILES string of the molecule is CCCNC(=O)C(=O)Nc1ccccc1C(=O)NCc1ccc(CC)cc1. The molecule has 0 saturated carbocycles. The van der Waals surface area contributed by atoms with Crippen molar-refractivity contribution in [2.75, 3.05) is 11.9 Å². The van der Waals surface area contributed by atoms with E-state index in [-0.39, 0.29) is 5.91 Å². The second-order valence-corrected chi connectivity index (χ2v) is 6.11. The maximum absolute atomic E-state index is 12.5. The fraction of sp³-hybridized carbons (Fsp3) is 0.286. The van der Waals surface area contributed by atoms with E-state index in [0.717, 1.165) is 18.4 Å². The Hall–Kier alpha value is -3.15. The standard InChI is InChI=1S/C21H25N3O3/c1-3-13-22-20(26)21(27)24-18-8-6-5-7-17(18)19(25)23-14-16-11-9-15(4-2)10-12-16/h5-12H,3-4,13-14H2,1-2H3,(H,22,26)(H,23,25)(H,24,27). The zero-order valence-electron chi connectivity index (χ0n) is 15.7. The minimum Gasteiger partial charge on any atom is -0.348 e. The average molecular weight is 367 g/mol. The molecular formula is C21H25N3O3. The fourth-order valence-electron chi connectivity index (χ4n) is 2.46. The van der Waals surface area contributed by atoms with Crippen molar-refractivity contribution in [3.8, 4) is 0 Å². The van der Waals surface area contributed by atoms with Gasteiger partial charge in [-0.15, -0.1) is 0 Å². The number of hydrogen-bond acceptors (Lipinski definition) is 3. The van der Waals surface area contributed by atoms with Crippen molar-refractivity contribution in [3.05, 3.63) is 65.2 Å². The lowest BCUT2D eigenvalue weighted by Gasteiger charge is -2.11. The molecule has 27 heavy (non-hydrogen) atoms. The Morgan fingerprint density at radius 3 is 2.15 bits per heavy atom. The summed E-state index contributed by atoms with van der Waals surface area (Å²) in [6.07, 6.45) is 1.70. The van der Waals surface area contributed by atoms with Crippen LogP contribution in [0.1, 0.15) is 41.8 Å². The van der Waals surface area contributed by atoms with E-state index < -0.39 is 11.8 Å². The first-order valence-electron chi connectivity index (χ1n) is 9.09. The quantitative estimate of drug-likeness (QED) is 0.658. The highest BCUT2D eigenvalue weighted by Gasteiger charge is 2.17. The summed E-state index contributed by atoms with van der Waals surface area (Å²) in [6, 6.07) is 14.6. The zero-order valence-corrected chi connectivity index (χ0v) is 15.7. The molecule has 0 aliphatic carbocycles. The lowest BCUT2D eigenvalue weighted by molar-refractivity contribution is -0.136. The van der Waals surface area contributed by atoms with Gasteiger partial charge in [0.1, 0.15) is 0 Å². The summed E-state index contributed by atoms with van der Waals surface area (Å²) in [6.45, 7) is 4.78. The highest BCUT2D eigenvalue weighted by atomic mass is 16.2. The van der Waals surface area contributed by atoms with Crippen LogP contribution in [0.2, 0.25) is 0 Å². The van der Waals surface area contributed by atoms with Crippen molar-refractivity contribution < 1.29 is 14.4 Å². The molecule has 0 aromatic heterocycles. The van der Waals surface area contributed by atoms with E-state index in [2.05, 4.69) is 22.9 Å². The predicted molar refractivity (Wildman–Crippen MR) is 105 cm³/mol.